The van der Waals surface area contributed by atoms with E-state index in [1.54, 1.807) is 19.1 Å². The van der Waals surface area contributed by atoms with Crippen molar-refractivity contribution in [3.05, 3.63) is 29.0 Å². The number of carbonyl (C=O) groups is 1. The smallest absolute Gasteiger partial charge is 0.269 e. The molecule has 3 nitrogen and oxygen atoms in total. The monoisotopic (exact) mass is 232 g/mol. The van der Waals surface area contributed by atoms with Gasteiger partial charge in [0.15, 0.2) is 0 Å². The number of pyridine rings is 1. The van der Waals surface area contributed by atoms with E-state index in [4.69, 9.17) is 23.2 Å². The molecule has 1 heterocycles. The minimum atomic E-state index is -0.242. The van der Waals surface area contributed by atoms with Gasteiger partial charge in [-0.1, -0.05) is 11.6 Å². The van der Waals surface area contributed by atoms with Crippen molar-refractivity contribution in [2.75, 3.05) is 6.54 Å². The molecule has 14 heavy (non-hydrogen) atoms. The van der Waals surface area contributed by atoms with Gasteiger partial charge in [0, 0.05) is 18.1 Å². The molecular weight excluding hydrogens is 223 g/mol. The molecule has 1 unspecified atom stereocenters. The summed E-state index contributed by atoms with van der Waals surface area (Å²) < 4.78 is 0. The fourth-order valence-corrected chi connectivity index (χ4v) is 1.02. The quantitative estimate of drug-likeness (QED) is 0.812. The largest absolute Gasteiger partial charge is 0.349 e. The Morgan fingerprint density at radius 3 is 2.86 bits per heavy atom. The maximum Gasteiger partial charge on any atom is 0.269 e. The Balaban J connectivity index is 2.57. The van der Waals surface area contributed by atoms with Crippen molar-refractivity contribution in [1.82, 2.24) is 10.3 Å². The van der Waals surface area contributed by atoms with Crippen molar-refractivity contribution in [2.45, 2.75) is 12.3 Å². The van der Waals surface area contributed by atoms with Gasteiger partial charge in [-0.15, -0.1) is 11.6 Å². The van der Waals surface area contributed by atoms with Crippen LogP contribution in [0.5, 0.6) is 0 Å². The van der Waals surface area contributed by atoms with Crippen molar-refractivity contribution in [3.8, 4) is 0 Å². The number of halogens is 2. The lowest BCUT2D eigenvalue weighted by molar-refractivity contribution is 0.0949. The highest BCUT2D eigenvalue weighted by Gasteiger charge is 2.06. The summed E-state index contributed by atoms with van der Waals surface area (Å²) in [6.07, 6.45) is 1.43. The van der Waals surface area contributed by atoms with Crippen LogP contribution in [0.4, 0.5) is 0 Å². The van der Waals surface area contributed by atoms with Crippen LogP contribution in [0.1, 0.15) is 17.4 Å². The summed E-state index contributed by atoms with van der Waals surface area (Å²) in [4.78, 5) is 15.3. The summed E-state index contributed by atoms with van der Waals surface area (Å²) in [7, 11) is 0. The third-order valence-corrected chi connectivity index (χ3v) is 1.88. The lowest BCUT2D eigenvalue weighted by Gasteiger charge is -2.05. The van der Waals surface area contributed by atoms with Gasteiger partial charge in [-0.3, -0.25) is 4.79 Å². The first-order valence-electron chi connectivity index (χ1n) is 4.13. The molecule has 5 heteroatoms. The summed E-state index contributed by atoms with van der Waals surface area (Å²) in [5.41, 5.74) is 0.340. The molecule has 0 aromatic carbocycles. The predicted molar refractivity (Wildman–Crippen MR) is 56.9 cm³/mol. The summed E-state index contributed by atoms with van der Waals surface area (Å²) in [5.74, 6) is -0.242. The molecule has 0 aliphatic rings. The number of rotatable bonds is 3. The molecule has 0 aliphatic heterocycles. The Bertz CT molecular complexity index is 311. The number of carbonyl (C=O) groups excluding carboxylic acids is 1. The van der Waals surface area contributed by atoms with Crippen LogP contribution in [0.15, 0.2) is 18.3 Å². The third kappa shape index (κ3) is 3.52. The third-order valence-electron chi connectivity index (χ3n) is 1.50. The highest BCUT2D eigenvalue weighted by molar-refractivity contribution is 6.30. The van der Waals surface area contributed by atoms with Crippen LogP contribution in [-0.2, 0) is 0 Å². The van der Waals surface area contributed by atoms with Gasteiger partial charge in [-0.05, 0) is 19.1 Å². The molecule has 0 fully saturated rings. The SMILES string of the molecule is CC(Cl)CNC(=O)c1ccc(Cl)cn1. The van der Waals surface area contributed by atoms with E-state index in [2.05, 4.69) is 10.3 Å². The Morgan fingerprint density at radius 2 is 2.36 bits per heavy atom. The second-order valence-electron chi connectivity index (χ2n) is 2.85. The maximum absolute atomic E-state index is 11.4. The molecule has 1 atom stereocenters. The van der Waals surface area contributed by atoms with Gasteiger partial charge in [-0.2, -0.15) is 0 Å². The summed E-state index contributed by atoms with van der Waals surface area (Å²) in [5, 5.41) is 3.06. The number of alkyl halides is 1. The van der Waals surface area contributed by atoms with Crippen molar-refractivity contribution in [3.63, 3.8) is 0 Å². The lowest BCUT2D eigenvalue weighted by atomic mass is 10.3. The van der Waals surface area contributed by atoms with Gasteiger partial charge >= 0.3 is 0 Å². The molecule has 1 amide bonds. The number of amides is 1. The van der Waals surface area contributed by atoms with Crippen molar-refractivity contribution in [1.29, 1.82) is 0 Å². The molecule has 1 aromatic rings. The second kappa shape index (κ2) is 5.17. The molecule has 0 aliphatic carbocycles. The van der Waals surface area contributed by atoms with Crippen molar-refractivity contribution < 1.29 is 4.79 Å². The molecule has 1 rings (SSSR count). The zero-order valence-electron chi connectivity index (χ0n) is 7.63. The van der Waals surface area contributed by atoms with E-state index < -0.39 is 0 Å². The van der Waals surface area contributed by atoms with E-state index in [0.29, 0.717) is 17.3 Å². The normalized spacial score (nSPS) is 12.2. The molecule has 1 N–H and O–H groups in total. The molecule has 0 spiro atoms. The van der Waals surface area contributed by atoms with Gasteiger partial charge in [0.2, 0.25) is 0 Å². The second-order valence-corrected chi connectivity index (χ2v) is 4.03. The molecular formula is C9H10Cl2N2O. The van der Waals surface area contributed by atoms with Crippen molar-refractivity contribution in [2.24, 2.45) is 0 Å². The van der Waals surface area contributed by atoms with Gasteiger partial charge < -0.3 is 5.32 Å². The van der Waals surface area contributed by atoms with E-state index in [0.717, 1.165) is 0 Å². The average molecular weight is 233 g/mol. The van der Waals surface area contributed by atoms with Gasteiger partial charge in [0.25, 0.3) is 5.91 Å². The van der Waals surface area contributed by atoms with Crippen LogP contribution in [-0.4, -0.2) is 22.8 Å². The molecule has 76 valence electrons. The van der Waals surface area contributed by atoms with E-state index >= 15 is 0 Å². The highest BCUT2D eigenvalue weighted by atomic mass is 35.5. The fourth-order valence-electron chi connectivity index (χ4n) is 0.834. The van der Waals surface area contributed by atoms with Crippen LogP contribution in [0, 0.1) is 0 Å². The Morgan fingerprint density at radius 1 is 1.64 bits per heavy atom. The number of hydrogen-bond donors (Lipinski definition) is 1. The molecule has 1 aromatic heterocycles. The predicted octanol–water partition coefficient (Wildman–Crippen LogP) is 2.09. The first-order valence-corrected chi connectivity index (χ1v) is 4.95. The molecule has 0 saturated carbocycles. The van der Waals surface area contributed by atoms with Crippen LogP contribution in [0.25, 0.3) is 0 Å². The minimum absolute atomic E-state index is 0.0914. The lowest BCUT2D eigenvalue weighted by Crippen LogP contribution is -2.29. The topological polar surface area (TPSA) is 42.0 Å². The van der Waals surface area contributed by atoms with Gasteiger partial charge in [-0.25, -0.2) is 4.98 Å². The summed E-state index contributed by atoms with van der Waals surface area (Å²) in [6.45, 7) is 2.22. The van der Waals surface area contributed by atoms with Crippen LogP contribution in [0.3, 0.4) is 0 Å². The molecule has 0 saturated heterocycles. The minimum Gasteiger partial charge on any atom is -0.349 e. The van der Waals surface area contributed by atoms with Gasteiger partial charge in [0.05, 0.1) is 5.02 Å². The number of hydrogen-bond acceptors (Lipinski definition) is 2. The van der Waals surface area contributed by atoms with E-state index in [-0.39, 0.29) is 11.3 Å². The number of aromatic nitrogens is 1. The zero-order valence-corrected chi connectivity index (χ0v) is 9.14. The Hall–Kier alpha value is -0.800. The highest BCUT2D eigenvalue weighted by Crippen LogP contribution is 2.05. The summed E-state index contributed by atoms with van der Waals surface area (Å²) >= 11 is 11.3. The number of nitrogens with one attached hydrogen (secondary N) is 1. The maximum atomic E-state index is 11.4. The summed E-state index contributed by atoms with van der Waals surface area (Å²) in [6, 6.07) is 3.18. The van der Waals surface area contributed by atoms with Crippen LogP contribution in [0.2, 0.25) is 5.02 Å². The van der Waals surface area contributed by atoms with Crippen LogP contribution >= 0.6 is 23.2 Å². The zero-order chi connectivity index (χ0) is 10.6. The molecule has 0 bridgehead atoms. The Labute approximate surface area is 92.4 Å². The fraction of sp³-hybridized carbons (Fsp3) is 0.333. The number of nitrogens with zero attached hydrogens (tertiary/aromatic N) is 1. The van der Waals surface area contributed by atoms with Gasteiger partial charge in [0.1, 0.15) is 5.69 Å². The Kier molecular flexibility index (Phi) is 4.17. The van der Waals surface area contributed by atoms with E-state index in [9.17, 15) is 4.79 Å². The van der Waals surface area contributed by atoms with E-state index in [1.165, 1.54) is 6.20 Å². The molecule has 0 radical (unpaired) electrons. The van der Waals surface area contributed by atoms with Crippen LogP contribution < -0.4 is 5.32 Å². The first-order chi connectivity index (χ1) is 6.59. The van der Waals surface area contributed by atoms with Crippen molar-refractivity contribution >= 4 is 29.1 Å². The average Bonchev–Trinajstić information content (AvgIpc) is 2.15. The first kappa shape index (κ1) is 11.3. The van der Waals surface area contributed by atoms with E-state index in [1.807, 2.05) is 0 Å². The standard InChI is InChI=1S/C9H10Cl2N2O/c1-6(10)4-13-9(14)8-3-2-7(11)5-12-8/h2-3,5-6H,4H2,1H3,(H,13,14).